The lowest BCUT2D eigenvalue weighted by molar-refractivity contribution is 0.0854. The molecule has 1 aliphatic heterocycles. The molecule has 0 aliphatic carbocycles. The second-order valence-corrected chi connectivity index (χ2v) is 7.07. The first-order valence-corrected chi connectivity index (χ1v) is 9.98. The Morgan fingerprint density at radius 3 is 2.58 bits per heavy atom. The number of fused-ring (bicyclic) bond motifs is 1. The highest BCUT2D eigenvalue weighted by atomic mass is 16.5. The van der Waals surface area contributed by atoms with Crippen LogP contribution in [0.1, 0.15) is 23.3 Å². The number of amides is 1. The summed E-state index contributed by atoms with van der Waals surface area (Å²) in [6.07, 6.45) is 3.56. The van der Waals surface area contributed by atoms with E-state index in [4.69, 9.17) is 23.4 Å². The number of rotatable bonds is 8. The second kappa shape index (κ2) is 9.13. The zero-order valence-corrected chi connectivity index (χ0v) is 17.7. The minimum Gasteiger partial charge on any atom is -0.493 e. The van der Waals surface area contributed by atoms with Gasteiger partial charge in [-0.15, -0.1) is 0 Å². The SMILES string of the molecule is COc1cc(Nc2nc(C(=O)NC[C@H]3CCCO3)cc3occc23)cc(OC)c1OC. The zero-order valence-electron chi connectivity index (χ0n) is 17.7. The molecule has 0 unspecified atom stereocenters. The molecular formula is C22H25N3O6. The third-order valence-electron chi connectivity index (χ3n) is 5.12. The quantitative estimate of drug-likeness (QED) is 0.563. The predicted molar refractivity (Wildman–Crippen MR) is 115 cm³/mol. The van der Waals surface area contributed by atoms with Gasteiger partial charge in [0.15, 0.2) is 11.5 Å². The Kier molecular flexibility index (Phi) is 6.13. The Balaban J connectivity index is 1.63. The van der Waals surface area contributed by atoms with E-state index in [1.54, 1.807) is 51.9 Å². The minimum absolute atomic E-state index is 0.0492. The topological polar surface area (TPSA) is 104 Å². The Morgan fingerprint density at radius 1 is 1.16 bits per heavy atom. The van der Waals surface area contributed by atoms with E-state index in [9.17, 15) is 4.79 Å². The number of nitrogens with zero attached hydrogens (tertiary/aromatic N) is 1. The van der Waals surface area contributed by atoms with E-state index in [-0.39, 0.29) is 17.7 Å². The van der Waals surface area contributed by atoms with E-state index >= 15 is 0 Å². The Hall–Kier alpha value is -3.46. The average Bonchev–Trinajstić information content (AvgIpc) is 3.48. The van der Waals surface area contributed by atoms with Crippen molar-refractivity contribution in [2.75, 3.05) is 39.8 Å². The first-order valence-electron chi connectivity index (χ1n) is 9.98. The molecule has 31 heavy (non-hydrogen) atoms. The number of hydrogen-bond acceptors (Lipinski definition) is 8. The molecule has 1 fully saturated rings. The van der Waals surface area contributed by atoms with Gasteiger partial charge in [-0.3, -0.25) is 4.79 Å². The highest BCUT2D eigenvalue weighted by Crippen LogP contribution is 2.41. The first kappa shape index (κ1) is 20.8. The van der Waals surface area contributed by atoms with Gasteiger partial charge in [0.2, 0.25) is 5.75 Å². The third-order valence-corrected chi connectivity index (χ3v) is 5.12. The molecule has 0 saturated carbocycles. The van der Waals surface area contributed by atoms with Gasteiger partial charge in [-0.2, -0.15) is 0 Å². The van der Waals surface area contributed by atoms with Gasteiger partial charge < -0.3 is 34.0 Å². The van der Waals surface area contributed by atoms with Crippen LogP contribution in [0.25, 0.3) is 11.0 Å². The molecule has 9 heteroatoms. The number of anilines is 2. The highest BCUT2D eigenvalue weighted by Gasteiger charge is 2.20. The molecule has 3 aromatic rings. The largest absolute Gasteiger partial charge is 0.493 e. The van der Waals surface area contributed by atoms with Crippen LogP contribution in [0.15, 0.2) is 34.9 Å². The van der Waals surface area contributed by atoms with E-state index in [0.717, 1.165) is 24.8 Å². The molecule has 1 saturated heterocycles. The van der Waals surface area contributed by atoms with Gasteiger partial charge in [-0.1, -0.05) is 0 Å². The van der Waals surface area contributed by atoms with Crippen LogP contribution in [0.5, 0.6) is 17.2 Å². The van der Waals surface area contributed by atoms with Crippen LogP contribution in [0.2, 0.25) is 0 Å². The van der Waals surface area contributed by atoms with Crippen LogP contribution in [0.4, 0.5) is 11.5 Å². The zero-order chi connectivity index (χ0) is 21.8. The summed E-state index contributed by atoms with van der Waals surface area (Å²) in [6.45, 7) is 1.19. The monoisotopic (exact) mass is 427 g/mol. The maximum atomic E-state index is 12.7. The summed E-state index contributed by atoms with van der Waals surface area (Å²) in [5.41, 5.74) is 1.45. The van der Waals surface area contributed by atoms with Gasteiger partial charge in [0.25, 0.3) is 5.91 Å². The lowest BCUT2D eigenvalue weighted by Gasteiger charge is -2.15. The molecule has 1 amide bonds. The molecule has 9 nitrogen and oxygen atoms in total. The lowest BCUT2D eigenvalue weighted by atomic mass is 10.2. The number of carbonyl (C=O) groups is 1. The number of aromatic nitrogens is 1. The predicted octanol–water partition coefficient (Wildman–Crippen LogP) is 3.51. The fraction of sp³-hybridized carbons (Fsp3) is 0.364. The number of benzene rings is 1. The normalized spacial score (nSPS) is 15.6. The van der Waals surface area contributed by atoms with Crippen LogP contribution in [-0.4, -0.2) is 51.5 Å². The number of pyridine rings is 1. The van der Waals surface area contributed by atoms with Gasteiger partial charge in [-0.05, 0) is 18.9 Å². The van der Waals surface area contributed by atoms with Crippen molar-refractivity contribution in [2.24, 2.45) is 0 Å². The van der Waals surface area contributed by atoms with Crippen molar-refractivity contribution in [2.45, 2.75) is 18.9 Å². The molecule has 0 radical (unpaired) electrons. The van der Waals surface area contributed by atoms with Crippen molar-refractivity contribution in [1.82, 2.24) is 10.3 Å². The van der Waals surface area contributed by atoms with E-state index < -0.39 is 0 Å². The molecule has 0 bridgehead atoms. The van der Waals surface area contributed by atoms with E-state index in [1.807, 2.05) is 0 Å². The summed E-state index contributed by atoms with van der Waals surface area (Å²) < 4.78 is 27.3. The number of methoxy groups -OCH3 is 3. The first-order chi connectivity index (χ1) is 15.1. The molecule has 0 spiro atoms. The number of hydrogen-bond donors (Lipinski definition) is 2. The highest BCUT2D eigenvalue weighted by molar-refractivity contribution is 5.99. The number of nitrogens with one attached hydrogen (secondary N) is 2. The van der Waals surface area contributed by atoms with Gasteiger partial charge in [-0.25, -0.2) is 4.98 Å². The van der Waals surface area contributed by atoms with E-state index in [1.165, 1.54) is 0 Å². The Bertz CT molecular complexity index is 1050. The van der Waals surface area contributed by atoms with E-state index in [2.05, 4.69) is 15.6 Å². The summed E-state index contributed by atoms with van der Waals surface area (Å²) >= 11 is 0. The van der Waals surface area contributed by atoms with Crippen LogP contribution < -0.4 is 24.8 Å². The van der Waals surface area contributed by atoms with Crippen LogP contribution in [-0.2, 0) is 4.74 Å². The average molecular weight is 427 g/mol. The molecule has 4 rings (SSSR count). The third kappa shape index (κ3) is 4.36. The molecule has 2 aromatic heterocycles. The van der Waals surface area contributed by atoms with Crippen LogP contribution >= 0.6 is 0 Å². The molecule has 3 heterocycles. The van der Waals surface area contributed by atoms with Crippen LogP contribution in [0.3, 0.4) is 0 Å². The fourth-order valence-electron chi connectivity index (χ4n) is 3.57. The lowest BCUT2D eigenvalue weighted by Crippen LogP contribution is -2.32. The standard InChI is InChI=1S/C22H25N3O6/c1-27-18-9-13(10-19(28-2)20(18)29-3)24-21-15-6-8-31-17(15)11-16(25-21)22(26)23-12-14-5-4-7-30-14/h6,8-11,14H,4-5,7,12H2,1-3H3,(H,23,26)(H,24,25)/t14-/m1/s1. The van der Waals surface area contributed by atoms with Gasteiger partial charge in [0.05, 0.1) is 39.1 Å². The summed E-state index contributed by atoms with van der Waals surface area (Å²) in [5, 5.41) is 6.86. The second-order valence-electron chi connectivity index (χ2n) is 7.07. The Morgan fingerprint density at radius 2 is 1.94 bits per heavy atom. The van der Waals surface area contributed by atoms with Gasteiger partial charge in [0.1, 0.15) is 17.1 Å². The van der Waals surface area contributed by atoms with Crippen molar-refractivity contribution < 1.29 is 28.2 Å². The maximum absolute atomic E-state index is 12.7. The molecular weight excluding hydrogens is 402 g/mol. The van der Waals surface area contributed by atoms with Crippen molar-refractivity contribution in [3.8, 4) is 17.2 Å². The summed E-state index contributed by atoms with van der Waals surface area (Å²) in [5.74, 6) is 1.67. The van der Waals surface area contributed by atoms with Crippen LogP contribution in [0, 0.1) is 0 Å². The summed E-state index contributed by atoms with van der Waals surface area (Å²) in [7, 11) is 4.64. The summed E-state index contributed by atoms with van der Waals surface area (Å²) in [4.78, 5) is 17.2. The van der Waals surface area contributed by atoms with Crippen molar-refractivity contribution >= 4 is 28.4 Å². The molecule has 1 aliphatic rings. The molecule has 2 N–H and O–H groups in total. The van der Waals surface area contributed by atoms with E-state index in [0.29, 0.717) is 40.9 Å². The van der Waals surface area contributed by atoms with Gasteiger partial charge >= 0.3 is 0 Å². The maximum Gasteiger partial charge on any atom is 0.270 e. The minimum atomic E-state index is -0.290. The van der Waals surface area contributed by atoms with Crippen molar-refractivity contribution in [3.63, 3.8) is 0 Å². The van der Waals surface area contributed by atoms with Gasteiger partial charge in [0, 0.05) is 37.0 Å². The number of furan rings is 1. The molecule has 164 valence electrons. The molecule has 1 atom stereocenters. The fourth-order valence-corrected chi connectivity index (χ4v) is 3.57. The number of carbonyl (C=O) groups excluding carboxylic acids is 1. The van der Waals surface area contributed by atoms with Crippen molar-refractivity contribution in [3.05, 3.63) is 36.2 Å². The number of ether oxygens (including phenoxy) is 4. The Labute approximate surface area is 179 Å². The summed E-state index contributed by atoms with van der Waals surface area (Å²) in [6, 6.07) is 6.94. The van der Waals surface area contributed by atoms with Crippen molar-refractivity contribution in [1.29, 1.82) is 0 Å². The smallest absolute Gasteiger partial charge is 0.270 e. The molecule has 1 aromatic carbocycles.